The summed E-state index contributed by atoms with van der Waals surface area (Å²) < 4.78 is 5.15. The Kier molecular flexibility index (Phi) is 1.85. The largest absolute Gasteiger partial charge is 0.463 e. The van der Waals surface area contributed by atoms with Crippen molar-refractivity contribution < 1.29 is 4.42 Å². The maximum Gasteiger partial charge on any atom is 0.154 e. The first-order chi connectivity index (χ1) is 6.40. The summed E-state index contributed by atoms with van der Waals surface area (Å²) in [6, 6.07) is 7.47. The van der Waals surface area contributed by atoms with Gasteiger partial charge in [0, 0.05) is 0 Å². The number of hydrogen-bond donors (Lipinski definition) is 1. The van der Waals surface area contributed by atoms with Crippen LogP contribution in [0.3, 0.4) is 0 Å². The lowest BCUT2D eigenvalue weighted by molar-refractivity contribution is 0.580. The minimum absolute atomic E-state index is 0.341. The molecule has 0 unspecified atom stereocenters. The van der Waals surface area contributed by atoms with Crippen LogP contribution in [0, 0.1) is 11.3 Å². The van der Waals surface area contributed by atoms with E-state index < -0.39 is 0 Å². The fraction of sp³-hybridized carbons (Fsp3) is 0.111. The highest BCUT2D eigenvalue weighted by Crippen LogP contribution is 2.17. The number of rotatable bonds is 2. The molecular formula is C9H7N3O. The molecule has 2 heterocycles. The Morgan fingerprint density at radius 1 is 1.62 bits per heavy atom. The molecule has 0 spiro atoms. The van der Waals surface area contributed by atoms with Gasteiger partial charge in [-0.3, -0.25) is 5.10 Å². The number of aromatic nitrogens is 2. The van der Waals surface area contributed by atoms with Gasteiger partial charge in [0.2, 0.25) is 0 Å². The Bertz CT molecular complexity index is 422. The van der Waals surface area contributed by atoms with Crippen LogP contribution in [0.2, 0.25) is 0 Å². The van der Waals surface area contributed by atoms with Crippen molar-refractivity contribution in [2.75, 3.05) is 0 Å². The molecule has 64 valence electrons. The van der Waals surface area contributed by atoms with Gasteiger partial charge in [-0.1, -0.05) is 0 Å². The molecule has 0 radical (unpaired) electrons. The zero-order valence-electron chi connectivity index (χ0n) is 6.82. The van der Waals surface area contributed by atoms with Crippen molar-refractivity contribution in [1.82, 2.24) is 10.2 Å². The fourth-order valence-electron chi connectivity index (χ4n) is 1.09. The first-order valence-electron chi connectivity index (χ1n) is 3.85. The van der Waals surface area contributed by atoms with Crippen molar-refractivity contribution in [3.8, 4) is 17.5 Å². The van der Waals surface area contributed by atoms with Gasteiger partial charge in [0.05, 0.1) is 24.4 Å². The molecule has 2 aromatic heterocycles. The third kappa shape index (κ3) is 1.44. The number of nitrogens with one attached hydrogen (secondary N) is 1. The lowest BCUT2D eigenvalue weighted by atomic mass is 10.2. The highest BCUT2D eigenvalue weighted by Gasteiger charge is 2.04. The molecule has 0 saturated heterocycles. The molecular weight excluding hydrogens is 166 g/mol. The SMILES string of the molecule is N#CCc1cc(-c2ccco2)n[nH]1. The summed E-state index contributed by atoms with van der Waals surface area (Å²) in [5, 5.41) is 15.2. The van der Waals surface area contributed by atoms with Gasteiger partial charge in [0.25, 0.3) is 0 Å². The molecule has 0 saturated carbocycles. The predicted molar refractivity (Wildman–Crippen MR) is 45.6 cm³/mol. The second-order valence-corrected chi connectivity index (χ2v) is 2.59. The normalized spacial score (nSPS) is 9.77. The summed E-state index contributed by atoms with van der Waals surface area (Å²) in [5.74, 6) is 0.709. The zero-order chi connectivity index (χ0) is 9.10. The van der Waals surface area contributed by atoms with E-state index >= 15 is 0 Å². The summed E-state index contributed by atoms with van der Waals surface area (Å²) in [5.41, 5.74) is 1.53. The topological polar surface area (TPSA) is 65.6 Å². The molecule has 1 N–H and O–H groups in total. The summed E-state index contributed by atoms with van der Waals surface area (Å²) in [6.45, 7) is 0. The van der Waals surface area contributed by atoms with Crippen LogP contribution in [0.4, 0.5) is 0 Å². The van der Waals surface area contributed by atoms with Gasteiger partial charge in [-0.25, -0.2) is 0 Å². The standard InChI is InChI=1S/C9H7N3O/c10-4-3-7-6-8(12-11-7)9-2-1-5-13-9/h1-2,5-6H,3H2,(H,11,12). The highest BCUT2D eigenvalue weighted by atomic mass is 16.3. The third-order valence-electron chi connectivity index (χ3n) is 1.67. The molecule has 4 heteroatoms. The van der Waals surface area contributed by atoms with Crippen molar-refractivity contribution >= 4 is 0 Å². The monoisotopic (exact) mass is 173 g/mol. The highest BCUT2D eigenvalue weighted by molar-refractivity contribution is 5.51. The van der Waals surface area contributed by atoms with Crippen LogP contribution in [0.5, 0.6) is 0 Å². The van der Waals surface area contributed by atoms with Gasteiger partial charge in [0.1, 0.15) is 5.69 Å². The Balaban J connectivity index is 2.29. The minimum atomic E-state index is 0.341. The Morgan fingerprint density at radius 2 is 2.54 bits per heavy atom. The van der Waals surface area contributed by atoms with Gasteiger partial charge in [0.15, 0.2) is 5.76 Å². The van der Waals surface area contributed by atoms with Crippen molar-refractivity contribution in [2.24, 2.45) is 0 Å². The average molecular weight is 173 g/mol. The number of nitrogens with zero attached hydrogens (tertiary/aromatic N) is 2. The molecule has 0 aliphatic heterocycles. The summed E-state index contributed by atoms with van der Waals surface area (Å²) >= 11 is 0. The Labute approximate surface area is 74.8 Å². The molecule has 0 aliphatic carbocycles. The predicted octanol–water partition coefficient (Wildman–Crippen LogP) is 1.74. The molecule has 0 aliphatic rings. The van der Waals surface area contributed by atoms with Gasteiger partial charge >= 0.3 is 0 Å². The van der Waals surface area contributed by atoms with E-state index in [0.29, 0.717) is 12.2 Å². The van der Waals surface area contributed by atoms with Crippen molar-refractivity contribution in [2.45, 2.75) is 6.42 Å². The first-order valence-corrected chi connectivity index (χ1v) is 3.85. The molecule has 4 nitrogen and oxygen atoms in total. The van der Waals surface area contributed by atoms with Crippen LogP contribution in [-0.2, 0) is 6.42 Å². The molecule has 13 heavy (non-hydrogen) atoms. The lowest BCUT2D eigenvalue weighted by Gasteiger charge is -1.84. The maximum atomic E-state index is 8.44. The van der Waals surface area contributed by atoms with Crippen molar-refractivity contribution in [1.29, 1.82) is 5.26 Å². The molecule has 2 rings (SSSR count). The zero-order valence-corrected chi connectivity index (χ0v) is 6.82. The molecule has 2 aromatic rings. The Hall–Kier alpha value is -2.02. The van der Waals surface area contributed by atoms with Crippen molar-refractivity contribution in [3.05, 3.63) is 30.2 Å². The van der Waals surface area contributed by atoms with Crippen LogP contribution in [-0.4, -0.2) is 10.2 Å². The molecule has 0 amide bonds. The van der Waals surface area contributed by atoms with Gasteiger partial charge in [-0.05, 0) is 18.2 Å². The van der Waals surface area contributed by atoms with Crippen LogP contribution in [0.1, 0.15) is 5.69 Å². The quantitative estimate of drug-likeness (QED) is 0.752. The van der Waals surface area contributed by atoms with Crippen molar-refractivity contribution in [3.63, 3.8) is 0 Å². The van der Waals surface area contributed by atoms with E-state index in [2.05, 4.69) is 10.2 Å². The van der Waals surface area contributed by atoms with Gasteiger partial charge < -0.3 is 4.42 Å². The fourth-order valence-corrected chi connectivity index (χ4v) is 1.09. The first kappa shape index (κ1) is 7.62. The van der Waals surface area contributed by atoms with E-state index in [0.717, 1.165) is 11.4 Å². The van der Waals surface area contributed by atoms with Crippen LogP contribution >= 0.6 is 0 Å². The van der Waals surface area contributed by atoms with Crippen LogP contribution in [0.25, 0.3) is 11.5 Å². The summed E-state index contributed by atoms with van der Waals surface area (Å²) in [7, 11) is 0. The smallest absolute Gasteiger partial charge is 0.154 e. The van der Waals surface area contributed by atoms with Gasteiger partial charge in [-0.15, -0.1) is 0 Å². The third-order valence-corrected chi connectivity index (χ3v) is 1.67. The van der Waals surface area contributed by atoms with Gasteiger partial charge in [-0.2, -0.15) is 10.4 Å². The molecule has 0 bridgehead atoms. The van der Waals surface area contributed by atoms with E-state index in [9.17, 15) is 0 Å². The maximum absolute atomic E-state index is 8.44. The number of furan rings is 1. The second-order valence-electron chi connectivity index (χ2n) is 2.59. The number of aromatic amines is 1. The van der Waals surface area contributed by atoms with E-state index in [1.54, 1.807) is 12.3 Å². The van der Waals surface area contributed by atoms with Crippen LogP contribution < -0.4 is 0 Å². The van der Waals surface area contributed by atoms with E-state index in [4.69, 9.17) is 9.68 Å². The number of nitriles is 1. The molecule has 0 fully saturated rings. The van der Waals surface area contributed by atoms with E-state index in [1.165, 1.54) is 0 Å². The van der Waals surface area contributed by atoms with Crippen LogP contribution in [0.15, 0.2) is 28.9 Å². The molecule has 0 atom stereocenters. The minimum Gasteiger partial charge on any atom is -0.463 e. The van der Waals surface area contributed by atoms with E-state index in [1.807, 2.05) is 18.2 Å². The number of H-pyrrole nitrogens is 1. The van der Waals surface area contributed by atoms with E-state index in [-0.39, 0.29) is 0 Å². The lowest BCUT2D eigenvalue weighted by Crippen LogP contribution is -1.78. The second kappa shape index (κ2) is 3.15. The molecule has 0 aromatic carbocycles. The summed E-state index contributed by atoms with van der Waals surface area (Å²) in [6.07, 6.45) is 1.93. The average Bonchev–Trinajstić information content (AvgIpc) is 2.70. The Morgan fingerprint density at radius 3 is 3.23 bits per heavy atom. The number of hydrogen-bond acceptors (Lipinski definition) is 3. The summed E-state index contributed by atoms with van der Waals surface area (Å²) in [4.78, 5) is 0.